The second kappa shape index (κ2) is 12.8. The average Bonchev–Trinajstić information content (AvgIpc) is 3.53. The van der Waals surface area contributed by atoms with Gasteiger partial charge in [-0.05, 0) is 0 Å². The van der Waals surface area contributed by atoms with Crippen molar-refractivity contribution in [3.8, 4) is 11.1 Å². The second-order valence-electron chi connectivity index (χ2n) is 12.4. The Kier molecular flexibility index (Phi) is 10.2. The van der Waals surface area contributed by atoms with E-state index < -0.39 is 21.3 Å². The van der Waals surface area contributed by atoms with E-state index in [9.17, 15) is 0 Å². The van der Waals surface area contributed by atoms with Crippen LogP contribution in [0, 0.1) is 13.8 Å². The monoisotopic (exact) mass is 626 g/mol. The maximum absolute atomic E-state index is 2.71. The van der Waals surface area contributed by atoms with Crippen LogP contribution in [0.1, 0.15) is 130 Å². The molecule has 4 aliphatic rings. The Morgan fingerprint density at radius 1 is 0.763 bits per heavy atom. The van der Waals surface area contributed by atoms with Crippen molar-refractivity contribution in [3.05, 3.63) is 73.1 Å². The van der Waals surface area contributed by atoms with E-state index in [4.69, 9.17) is 0 Å². The quantitative estimate of drug-likeness (QED) is 0.270. The Morgan fingerprint density at radius 2 is 1.37 bits per heavy atom. The number of fused-ring (bicyclic) bond motifs is 3. The van der Waals surface area contributed by atoms with E-state index in [1.807, 2.05) is 3.27 Å². The number of hydrogen-bond donors (Lipinski definition) is 0. The maximum atomic E-state index is 2.71. The summed E-state index contributed by atoms with van der Waals surface area (Å²) in [6, 6.07) is 7.99. The number of halogens is 2. The smallest absolute Gasteiger partial charge is 0.147 e. The Bertz CT molecular complexity index is 1280. The third kappa shape index (κ3) is 5.56. The molecule has 0 amide bonds. The van der Waals surface area contributed by atoms with Crippen molar-refractivity contribution in [2.75, 3.05) is 0 Å². The van der Waals surface area contributed by atoms with Gasteiger partial charge < -0.3 is 0 Å². The minimum absolute atomic E-state index is 0. The van der Waals surface area contributed by atoms with Crippen molar-refractivity contribution in [2.24, 2.45) is 0 Å². The molecule has 204 valence electrons. The Morgan fingerprint density at radius 3 is 1.95 bits per heavy atom. The molecular weight excluding hydrogens is 583 g/mol. The summed E-state index contributed by atoms with van der Waals surface area (Å²) in [5.41, 5.74) is 13.2. The van der Waals surface area contributed by atoms with E-state index in [0.29, 0.717) is 0 Å². The average molecular weight is 629 g/mol. The van der Waals surface area contributed by atoms with Gasteiger partial charge in [-0.15, -0.1) is 24.8 Å². The zero-order valence-electron chi connectivity index (χ0n) is 23.9. The van der Waals surface area contributed by atoms with E-state index >= 15 is 0 Å². The van der Waals surface area contributed by atoms with Gasteiger partial charge >= 0.3 is 229 Å². The molecule has 0 heterocycles. The van der Waals surface area contributed by atoms with Gasteiger partial charge in [0.05, 0.1) is 0 Å². The summed E-state index contributed by atoms with van der Waals surface area (Å²) in [7, 11) is 0. The van der Waals surface area contributed by atoms with Gasteiger partial charge in [0.25, 0.3) is 0 Å². The summed E-state index contributed by atoms with van der Waals surface area (Å²) >= 11 is -2.10. The fourth-order valence-electron chi connectivity index (χ4n) is 8.05. The van der Waals surface area contributed by atoms with Crippen LogP contribution in [0.4, 0.5) is 0 Å². The molecule has 38 heavy (non-hydrogen) atoms. The first-order valence-corrected chi connectivity index (χ1v) is 18.6. The summed E-state index contributed by atoms with van der Waals surface area (Å²) in [4.78, 5) is 0. The molecule has 4 aliphatic carbocycles. The molecule has 0 aliphatic heterocycles. The number of rotatable bonds is 4. The summed E-state index contributed by atoms with van der Waals surface area (Å²) in [5.74, 6) is 1.55. The van der Waals surface area contributed by atoms with Crippen molar-refractivity contribution < 1.29 is 21.3 Å². The van der Waals surface area contributed by atoms with Crippen LogP contribution in [-0.4, -0.2) is 3.21 Å². The topological polar surface area (TPSA) is 0 Å². The molecule has 0 spiro atoms. The SMILES string of the molecule is C[C](C)=[Zr]([C]1=CC=CC1)[c]1c(C)c(C2CCCCC2)cc2c1Cc1cc(C)c(C3CCCCC3)cc1-2.Cl.Cl. The molecule has 0 saturated heterocycles. The van der Waals surface area contributed by atoms with Gasteiger partial charge in [0.1, 0.15) is 0 Å². The molecule has 2 aromatic rings. The molecular formula is C35H46Cl2Zr. The summed E-state index contributed by atoms with van der Waals surface area (Å²) in [5, 5.41) is 0. The molecule has 2 saturated carbocycles. The summed E-state index contributed by atoms with van der Waals surface area (Å²) < 4.78 is 5.39. The first kappa shape index (κ1) is 30.2. The zero-order valence-corrected chi connectivity index (χ0v) is 28.0. The van der Waals surface area contributed by atoms with Crippen LogP contribution in [0.15, 0.2) is 39.7 Å². The maximum Gasteiger partial charge on any atom is -0.147 e. The number of aryl methyl sites for hydroxylation is 1. The van der Waals surface area contributed by atoms with Gasteiger partial charge in [0.2, 0.25) is 0 Å². The Labute approximate surface area is 251 Å². The van der Waals surface area contributed by atoms with E-state index in [1.165, 1.54) is 70.6 Å². The van der Waals surface area contributed by atoms with Gasteiger partial charge in [0, 0.05) is 0 Å². The minimum Gasteiger partial charge on any atom is -0.147 e. The predicted octanol–water partition coefficient (Wildman–Crippen LogP) is 10.1. The fourth-order valence-corrected chi connectivity index (χ4v) is 15.6. The van der Waals surface area contributed by atoms with Crippen molar-refractivity contribution in [3.63, 3.8) is 0 Å². The van der Waals surface area contributed by atoms with Crippen molar-refractivity contribution in [1.82, 2.24) is 0 Å². The van der Waals surface area contributed by atoms with E-state index in [-0.39, 0.29) is 24.8 Å². The first-order valence-electron chi connectivity index (χ1n) is 14.9. The molecule has 0 nitrogen and oxygen atoms in total. The van der Waals surface area contributed by atoms with E-state index in [1.54, 1.807) is 51.0 Å². The Hall–Kier alpha value is -0.747. The van der Waals surface area contributed by atoms with Crippen LogP contribution >= 0.6 is 24.8 Å². The van der Waals surface area contributed by atoms with E-state index in [0.717, 1.165) is 18.3 Å². The van der Waals surface area contributed by atoms with Crippen molar-refractivity contribution in [1.29, 1.82) is 0 Å². The molecule has 0 aromatic heterocycles. The van der Waals surface area contributed by atoms with Crippen LogP contribution in [0.5, 0.6) is 0 Å². The molecule has 6 rings (SSSR count). The van der Waals surface area contributed by atoms with Gasteiger partial charge in [0.15, 0.2) is 0 Å². The third-order valence-electron chi connectivity index (χ3n) is 9.82. The third-order valence-corrected chi connectivity index (χ3v) is 17.7. The number of benzene rings is 2. The number of hydrogen-bond acceptors (Lipinski definition) is 0. The van der Waals surface area contributed by atoms with Crippen LogP contribution in [0.3, 0.4) is 0 Å². The van der Waals surface area contributed by atoms with Gasteiger partial charge in [-0.1, -0.05) is 0 Å². The molecule has 0 bridgehead atoms. The molecule has 2 aromatic carbocycles. The molecule has 0 N–H and O–H groups in total. The van der Waals surface area contributed by atoms with Crippen molar-refractivity contribution in [2.45, 2.75) is 117 Å². The fraction of sp³-hybridized carbons (Fsp3) is 0.514. The second-order valence-corrected chi connectivity index (χ2v) is 19.5. The first-order chi connectivity index (χ1) is 17.5. The summed E-state index contributed by atoms with van der Waals surface area (Å²) in [6.07, 6.45) is 23.7. The van der Waals surface area contributed by atoms with Gasteiger partial charge in [-0.25, -0.2) is 0 Å². The summed E-state index contributed by atoms with van der Waals surface area (Å²) in [6.45, 7) is 9.83. The van der Waals surface area contributed by atoms with Crippen LogP contribution in [0.25, 0.3) is 11.1 Å². The molecule has 2 fully saturated rings. The standard InChI is InChI=1S/C27H33.C5H5.C3H6.2ClH.Zr/c1-18-13-22-15-23-14-19(2)25(21-11-7-4-8-12-21)17-27(23)26(22)16-24(18)20-9-5-3-6-10-20;1-2-4-5-3-1;1-3-2;;;/h13,16-17,20-21H,3-12,15H2,1-2H3;1-3H,4H2;1-2H3;2*1H;. The van der Waals surface area contributed by atoms with Crippen LogP contribution in [-0.2, 0) is 27.7 Å². The van der Waals surface area contributed by atoms with E-state index in [2.05, 4.69) is 64.1 Å². The zero-order chi connectivity index (χ0) is 24.8. The molecule has 0 unspecified atom stereocenters. The Balaban J connectivity index is 0.00000168. The molecule has 0 radical (unpaired) electrons. The van der Waals surface area contributed by atoms with Crippen LogP contribution < -0.4 is 3.27 Å². The van der Waals surface area contributed by atoms with Crippen LogP contribution in [0.2, 0.25) is 0 Å². The van der Waals surface area contributed by atoms with Gasteiger partial charge in [-0.3, -0.25) is 0 Å². The molecule has 3 heteroatoms. The normalized spacial score (nSPS) is 18.8. The predicted molar refractivity (Wildman–Crippen MR) is 168 cm³/mol. The largest absolute Gasteiger partial charge is 0.147 e. The minimum atomic E-state index is -2.10. The molecule has 0 atom stereocenters. The van der Waals surface area contributed by atoms with Gasteiger partial charge in [-0.2, -0.15) is 0 Å². The van der Waals surface area contributed by atoms with Crippen molar-refractivity contribution >= 4 is 31.3 Å². The number of allylic oxidation sites excluding steroid dienone is 4.